The number of aromatic nitrogens is 1. The fourth-order valence-corrected chi connectivity index (χ4v) is 1.49. The van der Waals surface area contributed by atoms with Crippen LogP contribution in [0.15, 0.2) is 53.9 Å². The summed E-state index contributed by atoms with van der Waals surface area (Å²) in [5.41, 5.74) is 10.9. The minimum absolute atomic E-state index is 0.266. The molecular formula is C14H14N4O. The Balaban J connectivity index is 2.06. The molecule has 3 N–H and O–H groups in total. The number of amides is 1. The number of carbonyl (C=O) groups excluding carboxylic acids is 1. The van der Waals surface area contributed by atoms with E-state index in [0.717, 1.165) is 5.56 Å². The van der Waals surface area contributed by atoms with Gasteiger partial charge in [-0.1, -0.05) is 12.1 Å². The van der Waals surface area contributed by atoms with E-state index in [0.29, 0.717) is 17.0 Å². The first-order chi connectivity index (χ1) is 9.16. The Morgan fingerprint density at radius 2 is 1.74 bits per heavy atom. The molecule has 0 atom stereocenters. The Kier molecular flexibility index (Phi) is 3.87. The van der Waals surface area contributed by atoms with Gasteiger partial charge in [0.2, 0.25) is 0 Å². The monoisotopic (exact) mass is 254 g/mol. The van der Waals surface area contributed by atoms with E-state index in [9.17, 15) is 4.79 Å². The van der Waals surface area contributed by atoms with Gasteiger partial charge in [-0.15, -0.1) is 0 Å². The molecule has 0 unspecified atom stereocenters. The molecule has 0 aliphatic rings. The van der Waals surface area contributed by atoms with E-state index in [1.165, 1.54) is 0 Å². The van der Waals surface area contributed by atoms with E-state index in [4.69, 9.17) is 5.73 Å². The number of hydrazone groups is 1. The number of benzene rings is 1. The van der Waals surface area contributed by atoms with Crippen LogP contribution in [0.1, 0.15) is 22.8 Å². The van der Waals surface area contributed by atoms with Crippen molar-refractivity contribution >= 4 is 17.3 Å². The first-order valence-electron chi connectivity index (χ1n) is 5.77. The number of nitrogen functional groups attached to an aromatic ring is 1. The highest BCUT2D eigenvalue weighted by Crippen LogP contribution is 2.06. The Morgan fingerprint density at radius 3 is 2.37 bits per heavy atom. The molecule has 0 saturated carbocycles. The molecule has 2 rings (SSSR count). The van der Waals surface area contributed by atoms with Gasteiger partial charge in [-0.2, -0.15) is 5.10 Å². The number of nitrogens with one attached hydrogen (secondary N) is 1. The van der Waals surface area contributed by atoms with Crippen molar-refractivity contribution in [2.45, 2.75) is 6.92 Å². The lowest BCUT2D eigenvalue weighted by atomic mass is 10.1. The van der Waals surface area contributed by atoms with Crippen molar-refractivity contribution in [3.05, 3.63) is 59.9 Å². The molecule has 1 aromatic heterocycles. The average Bonchev–Trinajstić information content (AvgIpc) is 2.46. The minimum Gasteiger partial charge on any atom is -0.399 e. The van der Waals surface area contributed by atoms with E-state index < -0.39 is 0 Å². The lowest BCUT2D eigenvalue weighted by molar-refractivity contribution is 0.0954. The summed E-state index contributed by atoms with van der Waals surface area (Å²) >= 11 is 0. The zero-order valence-electron chi connectivity index (χ0n) is 10.5. The molecule has 0 spiro atoms. The second-order valence-corrected chi connectivity index (χ2v) is 4.00. The SMILES string of the molecule is C/C(=N\NC(=O)c1ccncc1)c1ccc(N)cc1. The number of pyridine rings is 1. The van der Waals surface area contributed by atoms with Gasteiger partial charge < -0.3 is 5.73 Å². The average molecular weight is 254 g/mol. The Hall–Kier alpha value is -2.69. The predicted molar refractivity (Wildman–Crippen MR) is 74.8 cm³/mol. The van der Waals surface area contributed by atoms with Crippen molar-refractivity contribution in [3.63, 3.8) is 0 Å². The van der Waals surface area contributed by atoms with Crippen molar-refractivity contribution < 1.29 is 4.79 Å². The maximum atomic E-state index is 11.8. The van der Waals surface area contributed by atoms with Crippen molar-refractivity contribution in [2.75, 3.05) is 5.73 Å². The van der Waals surface area contributed by atoms with Crippen LogP contribution in [0.3, 0.4) is 0 Å². The van der Waals surface area contributed by atoms with Gasteiger partial charge in [-0.05, 0) is 36.8 Å². The van der Waals surface area contributed by atoms with Crippen molar-refractivity contribution in [1.82, 2.24) is 10.4 Å². The molecule has 1 amide bonds. The number of anilines is 1. The molecule has 0 aliphatic carbocycles. The standard InChI is InChI=1S/C14H14N4O/c1-10(11-2-4-13(15)5-3-11)17-18-14(19)12-6-8-16-9-7-12/h2-9H,15H2,1H3,(H,18,19)/b17-10+. The Bertz CT molecular complexity index is 591. The smallest absolute Gasteiger partial charge is 0.271 e. The zero-order valence-corrected chi connectivity index (χ0v) is 10.5. The van der Waals surface area contributed by atoms with Crippen molar-refractivity contribution in [3.8, 4) is 0 Å². The van der Waals surface area contributed by atoms with E-state index in [-0.39, 0.29) is 5.91 Å². The van der Waals surface area contributed by atoms with Gasteiger partial charge in [0, 0.05) is 23.6 Å². The molecule has 1 heterocycles. The van der Waals surface area contributed by atoms with Gasteiger partial charge in [-0.25, -0.2) is 5.43 Å². The van der Waals surface area contributed by atoms with Crippen LogP contribution in [0.2, 0.25) is 0 Å². The van der Waals surface area contributed by atoms with Crippen molar-refractivity contribution in [1.29, 1.82) is 0 Å². The van der Waals surface area contributed by atoms with Gasteiger partial charge >= 0.3 is 0 Å². The van der Waals surface area contributed by atoms with E-state index in [1.54, 1.807) is 36.7 Å². The largest absolute Gasteiger partial charge is 0.399 e. The molecule has 0 saturated heterocycles. The normalized spacial score (nSPS) is 11.1. The highest BCUT2D eigenvalue weighted by molar-refractivity contribution is 6.00. The van der Waals surface area contributed by atoms with Crippen LogP contribution in [0.25, 0.3) is 0 Å². The second kappa shape index (κ2) is 5.77. The minimum atomic E-state index is -0.266. The summed E-state index contributed by atoms with van der Waals surface area (Å²) in [6, 6.07) is 10.5. The van der Waals surface area contributed by atoms with Crippen LogP contribution >= 0.6 is 0 Å². The topological polar surface area (TPSA) is 80.4 Å². The summed E-state index contributed by atoms with van der Waals surface area (Å²) in [6.07, 6.45) is 3.12. The number of nitrogens with two attached hydrogens (primary N) is 1. The van der Waals surface area contributed by atoms with E-state index in [1.807, 2.05) is 19.1 Å². The van der Waals surface area contributed by atoms with Crippen LogP contribution in [0, 0.1) is 0 Å². The van der Waals surface area contributed by atoms with Gasteiger partial charge in [0.15, 0.2) is 0 Å². The molecule has 0 fully saturated rings. The number of hydrogen-bond acceptors (Lipinski definition) is 4. The predicted octanol–water partition coefficient (Wildman–Crippen LogP) is 1.82. The van der Waals surface area contributed by atoms with Crippen LogP contribution < -0.4 is 11.2 Å². The van der Waals surface area contributed by atoms with E-state index >= 15 is 0 Å². The summed E-state index contributed by atoms with van der Waals surface area (Å²) < 4.78 is 0. The Labute approximate surface area is 111 Å². The first-order valence-corrected chi connectivity index (χ1v) is 5.77. The molecule has 0 aliphatic heterocycles. The molecule has 96 valence electrons. The molecule has 0 radical (unpaired) electrons. The summed E-state index contributed by atoms with van der Waals surface area (Å²) in [6.45, 7) is 1.82. The maximum Gasteiger partial charge on any atom is 0.271 e. The number of carbonyl (C=O) groups is 1. The summed E-state index contributed by atoms with van der Waals surface area (Å²) in [7, 11) is 0. The highest BCUT2D eigenvalue weighted by Gasteiger charge is 2.03. The quantitative estimate of drug-likeness (QED) is 0.498. The number of rotatable bonds is 3. The molecular weight excluding hydrogens is 240 g/mol. The molecule has 5 heteroatoms. The van der Waals surface area contributed by atoms with Gasteiger partial charge in [0.1, 0.15) is 0 Å². The Morgan fingerprint density at radius 1 is 1.11 bits per heavy atom. The molecule has 19 heavy (non-hydrogen) atoms. The van der Waals surface area contributed by atoms with Crippen LogP contribution in [-0.2, 0) is 0 Å². The van der Waals surface area contributed by atoms with Gasteiger partial charge in [-0.3, -0.25) is 9.78 Å². The third-order valence-electron chi connectivity index (χ3n) is 2.60. The van der Waals surface area contributed by atoms with Crippen molar-refractivity contribution in [2.24, 2.45) is 5.10 Å². The summed E-state index contributed by atoms with van der Waals surface area (Å²) in [5.74, 6) is -0.266. The maximum absolute atomic E-state index is 11.8. The third kappa shape index (κ3) is 3.38. The molecule has 5 nitrogen and oxygen atoms in total. The molecule has 2 aromatic rings. The fraction of sp³-hybridized carbons (Fsp3) is 0.0714. The highest BCUT2D eigenvalue weighted by atomic mass is 16.2. The summed E-state index contributed by atoms with van der Waals surface area (Å²) in [5, 5.41) is 4.06. The van der Waals surface area contributed by atoms with Gasteiger partial charge in [0.05, 0.1) is 5.71 Å². The van der Waals surface area contributed by atoms with Crippen LogP contribution in [0.5, 0.6) is 0 Å². The first kappa shape index (κ1) is 12.8. The molecule has 1 aromatic carbocycles. The molecule has 0 bridgehead atoms. The third-order valence-corrected chi connectivity index (χ3v) is 2.60. The zero-order chi connectivity index (χ0) is 13.7. The van der Waals surface area contributed by atoms with E-state index in [2.05, 4.69) is 15.5 Å². The number of hydrogen-bond donors (Lipinski definition) is 2. The second-order valence-electron chi connectivity index (χ2n) is 4.00. The lowest BCUT2D eigenvalue weighted by Gasteiger charge is -2.03. The van der Waals surface area contributed by atoms with Crippen LogP contribution in [-0.4, -0.2) is 16.6 Å². The van der Waals surface area contributed by atoms with Gasteiger partial charge in [0.25, 0.3) is 5.91 Å². The fourth-order valence-electron chi connectivity index (χ4n) is 1.49. The number of nitrogens with zero attached hydrogens (tertiary/aromatic N) is 2. The summed E-state index contributed by atoms with van der Waals surface area (Å²) in [4.78, 5) is 15.6. The van der Waals surface area contributed by atoms with Crippen LogP contribution in [0.4, 0.5) is 5.69 Å². The lowest BCUT2D eigenvalue weighted by Crippen LogP contribution is -2.19.